The van der Waals surface area contributed by atoms with Crippen molar-refractivity contribution in [3.8, 4) is 6.07 Å². The fraction of sp³-hybridized carbons (Fsp3) is 0.0909. The van der Waals surface area contributed by atoms with Crippen molar-refractivity contribution in [1.82, 2.24) is 4.98 Å². The molecule has 0 aliphatic heterocycles. The zero-order chi connectivity index (χ0) is 10.1. The highest BCUT2D eigenvalue weighted by molar-refractivity contribution is 5.82. The van der Waals surface area contributed by atoms with Gasteiger partial charge in [-0.15, -0.1) is 0 Å². The van der Waals surface area contributed by atoms with Gasteiger partial charge in [0, 0.05) is 11.6 Å². The lowest BCUT2D eigenvalue weighted by Crippen LogP contribution is -2.07. The van der Waals surface area contributed by atoms with Crippen LogP contribution in [0.5, 0.6) is 0 Å². The highest BCUT2D eigenvalue weighted by Crippen LogP contribution is 2.11. The van der Waals surface area contributed by atoms with E-state index < -0.39 is 0 Å². The maximum absolute atomic E-state index is 11.7. The molecule has 3 nitrogen and oxygen atoms in total. The van der Waals surface area contributed by atoms with Gasteiger partial charge in [0.05, 0.1) is 5.52 Å². The topological polar surface area (TPSA) is 56.6 Å². The number of aryl methyl sites for hydroxylation is 1. The van der Waals surface area contributed by atoms with E-state index in [0.29, 0.717) is 5.39 Å². The van der Waals surface area contributed by atoms with E-state index in [2.05, 4.69) is 4.98 Å². The molecule has 1 N–H and O–H groups in total. The minimum absolute atomic E-state index is 0.156. The van der Waals surface area contributed by atoms with Crippen LogP contribution in [-0.2, 0) is 0 Å². The van der Waals surface area contributed by atoms with Crippen molar-refractivity contribution in [1.29, 1.82) is 5.26 Å². The number of nitrogens with zero attached hydrogens (tertiary/aromatic N) is 1. The van der Waals surface area contributed by atoms with E-state index in [1.807, 2.05) is 25.1 Å². The SMILES string of the molecule is Cc1cccc2c(=O)c(C#N)c[nH]c12. The number of hydrogen-bond acceptors (Lipinski definition) is 2. The summed E-state index contributed by atoms with van der Waals surface area (Å²) in [6.45, 7) is 1.92. The van der Waals surface area contributed by atoms with Gasteiger partial charge in [0.15, 0.2) is 0 Å². The summed E-state index contributed by atoms with van der Waals surface area (Å²) in [7, 11) is 0. The average molecular weight is 184 g/mol. The molecule has 1 aromatic carbocycles. The molecule has 0 saturated heterocycles. The van der Waals surface area contributed by atoms with Gasteiger partial charge in [0.25, 0.3) is 0 Å². The molecule has 0 atom stereocenters. The predicted molar refractivity (Wildman–Crippen MR) is 54.0 cm³/mol. The molecule has 2 rings (SSSR count). The Labute approximate surface area is 80.6 Å². The number of pyridine rings is 1. The highest BCUT2D eigenvalue weighted by Gasteiger charge is 2.04. The summed E-state index contributed by atoms with van der Waals surface area (Å²) >= 11 is 0. The van der Waals surface area contributed by atoms with Gasteiger partial charge in [-0.25, -0.2) is 0 Å². The molecule has 0 unspecified atom stereocenters. The number of benzene rings is 1. The summed E-state index contributed by atoms with van der Waals surface area (Å²) in [4.78, 5) is 14.6. The smallest absolute Gasteiger partial charge is 0.207 e. The number of para-hydroxylation sites is 1. The standard InChI is InChI=1S/C11H8N2O/c1-7-3-2-4-9-10(7)13-6-8(5-12)11(9)14/h2-4,6H,1H3,(H,13,14). The molecule has 3 heteroatoms. The van der Waals surface area contributed by atoms with Crippen LogP contribution in [0, 0.1) is 18.3 Å². The summed E-state index contributed by atoms with van der Waals surface area (Å²) < 4.78 is 0. The van der Waals surface area contributed by atoms with E-state index in [1.165, 1.54) is 6.20 Å². The second-order valence-corrected chi connectivity index (χ2v) is 3.14. The van der Waals surface area contributed by atoms with E-state index in [0.717, 1.165) is 11.1 Å². The molecule has 0 fully saturated rings. The molecule has 68 valence electrons. The maximum atomic E-state index is 11.7. The van der Waals surface area contributed by atoms with Gasteiger partial charge < -0.3 is 4.98 Å². The number of aromatic nitrogens is 1. The molecule has 1 aromatic heterocycles. The lowest BCUT2D eigenvalue weighted by Gasteiger charge is -2.00. The van der Waals surface area contributed by atoms with Crippen molar-refractivity contribution >= 4 is 10.9 Å². The summed E-state index contributed by atoms with van der Waals surface area (Å²) in [5, 5.41) is 9.25. The van der Waals surface area contributed by atoms with Crippen molar-refractivity contribution in [2.45, 2.75) is 6.92 Å². The fourth-order valence-electron chi connectivity index (χ4n) is 1.49. The first-order valence-corrected chi connectivity index (χ1v) is 4.25. The molecule has 2 aromatic rings. The molecular weight excluding hydrogens is 176 g/mol. The van der Waals surface area contributed by atoms with Crippen LogP contribution < -0.4 is 5.43 Å². The number of hydrogen-bond donors (Lipinski definition) is 1. The summed E-state index contributed by atoms with van der Waals surface area (Å²) in [5.41, 5.74) is 1.76. The Balaban J connectivity index is 3.00. The third-order valence-corrected chi connectivity index (χ3v) is 2.24. The molecule has 0 amide bonds. The first-order valence-electron chi connectivity index (χ1n) is 4.25. The molecule has 0 aliphatic rings. The molecule has 14 heavy (non-hydrogen) atoms. The summed E-state index contributed by atoms with van der Waals surface area (Å²) in [6, 6.07) is 7.32. The molecule has 1 heterocycles. The highest BCUT2D eigenvalue weighted by atomic mass is 16.1. The number of nitrogens with one attached hydrogen (secondary N) is 1. The van der Waals surface area contributed by atoms with Crippen molar-refractivity contribution in [3.63, 3.8) is 0 Å². The van der Waals surface area contributed by atoms with Gasteiger partial charge in [-0.1, -0.05) is 12.1 Å². The number of H-pyrrole nitrogens is 1. The summed E-state index contributed by atoms with van der Waals surface area (Å²) in [6.07, 6.45) is 1.46. The second kappa shape index (κ2) is 3.00. The Bertz CT molecular complexity index is 590. The summed E-state index contributed by atoms with van der Waals surface area (Å²) in [5.74, 6) is 0. The van der Waals surface area contributed by atoms with E-state index in [1.54, 1.807) is 6.07 Å². The van der Waals surface area contributed by atoms with Gasteiger partial charge in [0.2, 0.25) is 5.43 Å². The van der Waals surface area contributed by atoms with Crippen LogP contribution in [0.1, 0.15) is 11.1 Å². The third-order valence-electron chi connectivity index (χ3n) is 2.24. The second-order valence-electron chi connectivity index (χ2n) is 3.14. The number of rotatable bonds is 0. The largest absolute Gasteiger partial charge is 0.359 e. The van der Waals surface area contributed by atoms with Gasteiger partial charge in [0.1, 0.15) is 11.6 Å². The molecule has 0 saturated carbocycles. The Hall–Kier alpha value is -2.08. The Kier molecular flexibility index (Phi) is 1.83. The van der Waals surface area contributed by atoms with Crippen LogP contribution in [0.2, 0.25) is 0 Å². The number of nitriles is 1. The van der Waals surface area contributed by atoms with Crippen molar-refractivity contribution in [3.05, 3.63) is 45.7 Å². The zero-order valence-electron chi connectivity index (χ0n) is 7.66. The molecule has 0 radical (unpaired) electrons. The maximum Gasteiger partial charge on any atom is 0.207 e. The fourth-order valence-corrected chi connectivity index (χ4v) is 1.49. The number of fused-ring (bicyclic) bond motifs is 1. The van der Waals surface area contributed by atoms with E-state index in [4.69, 9.17) is 5.26 Å². The third kappa shape index (κ3) is 1.09. The van der Waals surface area contributed by atoms with Gasteiger partial charge in [-0.05, 0) is 18.6 Å². The first-order chi connectivity index (χ1) is 6.74. The van der Waals surface area contributed by atoms with Crippen LogP contribution in [0.25, 0.3) is 10.9 Å². The Morgan fingerprint density at radius 2 is 2.21 bits per heavy atom. The molecule has 0 aliphatic carbocycles. The quantitative estimate of drug-likeness (QED) is 0.677. The van der Waals surface area contributed by atoms with Crippen LogP contribution in [0.4, 0.5) is 0 Å². The van der Waals surface area contributed by atoms with Crippen molar-refractivity contribution in [2.75, 3.05) is 0 Å². The number of aromatic amines is 1. The van der Waals surface area contributed by atoms with E-state index in [9.17, 15) is 4.79 Å². The first kappa shape index (κ1) is 8.52. The minimum atomic E-state index is -0.204. The minimum Gasteiger partial charge on any atom is -0.359 e. The molecule has 0 spiro atoms. The van der Waals surface area contributed by atoms with E-state index in [-0.39, 0.29) is 11.0 Å². The van der Waals surface area contributed by atoms with Gasteiger partial charge >= 0.3 is 0 Å². The van der Waals surface area contributed by atoms with Crippen molar-refractivity contribution in [2.24, 2.45) is 0 Å². The lowest BCUT2D eigenvalue weighted by atomic mass is 10.1. The Morgan fingerprint density at radius 1 is 1.43 bits per heavy atom. The Morgan fingerprint density at radius 3 is 2.93 bits per heavy atom. The van der Waals surface area contributed by atoms with Crippen LogP contribution in [0.3, 0.4) is 0 Å². The monoisotopic (exact) mass is 184 g/mol. The van der Waals surface area contributed by atoms with Crippen LogP contribution in [-0.4, -0.2) is 4.98 Å². The van der Waals surface area contributed by atoms with Crippen molar-refractivity contribution < 1.29 is 0 Å². The van der Waals surface area contributed by atoms with Crippen LogP contribution in [0.15, 0.2) is 29.2 Å². The average Bonchev–Trinajstić information content (AvgIpc) is 2.20. The van der Waals surface area contributed by atoms with E-state index >= 15 is 0 Å². The molecular formula is C11H8N2O. The zero-order valence-corrected chi connectivity index (χ0v) is 7.66. The normalized spacial score (nSPS) is 10.0. The molecule has 0 bridgehead atoms. The van der Waals surface area contributed by atoms with Crippen LogP contribution >= 0.6 is 0 Å². The van der Waals surface area contributed by atoms with Gasteiger partial charge in [-0.3, -0.25) is 4.79 Å². The van der Waals surface area contributed by atoms with Gasteiger partial charge in [-0.2, -0.15) is 5.26 Å². The predicted octanol–water partition coefficient (Wildman–Crippen LogP) is 1.71. The lowest BCUT2D eigenvalue weighted by molar-refractivity contribution is 1.32.